The normalized spacial score (nSPS) is 14.4. The van der Waals surface area contributed by atoms with Crippen LogP contribution in [0.5, 0.6) is 0 Å². The highest BCUT2D eigenvalue weighted by atomic mass is 15.1. The van der Waals surface area contributed by atoms with Gasteiger partial charge >= 0.3 is 0 Å². The van der Waals surface area contributed by atoms with Gasteiger partial charge < -0.3 is 4.57 Å². The van der Waals surface area contributed by atoms with Gasteiger partial charge in [-0.25, -0.2) is 4.98 Å². The van der Waals surface area contributed by atoms with E-state index in [9.17, 15) is 0 Å². The molecule has 0 bridgehead atoms. The van der Waals surface area contributed by atoms with E-state index in [-0.39, 0.29) is 5.54 Å². The van der Waals surface area contributed by atoms with E-state index >= 15 is 0 Å². The van der Waals surface area contributed by atoms with Crippen molar-refractivity contribution in [3.63, 3.8) is 0 Å². The summed E-state index contributed by atoms with van der Waals surface area (Å²) in [4.78, 5) is 4.35. The zero-order valence-electron chi connectivity index (χ0n) is 19.3. The molecule has 0 saturated heterocycles. The SMILES string of the molecule is CCCCCc1ccccc1Cc1ccccc1C(CC)C(C)(CC)n1ccnc1. The van der Waals surface area contributed by atoms with Gasteiger partial charge in [-0.3, -0.25) is 0 Å². The van der Waals surface area contributed by atoms with Gasteiger partial charge in [0.1, 0.15) is 0 Å². The second kappa shape index (κ2) is 10.6. The van der Waals surface area contributed by atoms with Crippen molar-refractivity contribution < 1.29 is 0 Å². The predicted molar refractivity (Wildman–Crippen MR) is 128 cm³/mol. The second-order valence-electron chi connectivity index (χ2n) is 8.74. The van der Waals surface area contributed by atoms with Gasteiger partial charge in [0.15, 0.2) is 0 Å². The number of nitrogens with zero attached hydrogens (tertiary/aromatic N) is 2. The summed E-state index contributed by atoms with van der Waals surface area (Å²) in [5, 5.41) is 0. The molecular formula is C28H38N2. The Bertz CT molecular complexity index is 897. The Labute approximate surface area is 183 Å². The van der Waals surface area contributed by atoms with Crippen molar-refractivity contribution in [1.29, 1.82) is 0 Å². The van der Waals surface area contributed by atoms with Gasteiger partial charge in [0.05, 0.1) is 6.33 Å². The maximum absolute atomic E-state index is 4.35. The Morgan fingerprint density at radius 3 is 2.23 bits per heavy atom. The summed E-state index contributed by atoms with van der Waals surface area (Å²) in [6.07, 6.45) is 14.2. The molecule has 0 aliphatic carbocycles. The van der Waals surface area contributed by atoms with Crippen molar-refractivity contribution >= 4 is 0 Å². The first-order valence-corrected chi connectivity index (χ1v) is 11.8. The lowest BCUT2D eigenvalue weighted by atomic mass is 9.74. The molecule has 1 heterocycles. The maximum atomic E-state index is 4.35. The summed E-state index contributed by atoms with van der Waals surface area (Å²) < 4.78 is 2.32. The molecule has 0 saturated carbocycles. The van der Waals surface area contributed by atoms with Crippen LogP contribution in [0.4, 0.5) is 0 Å². The lowest BCUT2D eigenvalue weighted by Gasteiger charge is -2.39. The first-order chi connectivity index (χ1) is 14.6. The van der Waals surface area contributed by atoms with Gasteiger partial charge in [0.2, 0.25) is 0 Å². The Morgan fingerprint density at radius 1 is 0.900 bits per heavy atom. The summed E-state index contributed by atoms with van der Waals surface area (Å²) >= 11 is 0. The number of rotatable bonds is 11. The Morgan fingerprint density at radius 2 is 1.60 bits per heavy atom. The van der Waals surface area contributed by atoms with Crippen LogP contribution in [0.25, 0.3) is 0 Å². The van der Waals surface area contributed by atoms with Crippen molar-refractivity contribution in [3.8, 4) is 0 Å². The molecule has 1 aromatic heterocycles. The summed E-state index contributed by atoms with van der Waals surface area (Å²) in [6.45, 7) is 9.29. The van der Waals surface area contributed by atoms with Crippen LogP contribution in [-0.2, 0) is 18.4 Å². The largest absolute Gasteiger partial charge is 0.331 e. The molecule has 160 valence electrons. The van der Waals surface area contributed by atoms with E-state index < -0.39 is 0 Å². The van der Waals surface area contributed by atoms with Crippen LogP contribution >= 0.6 is 0 Å². The fourth-order valence-electron chi connectivity index (χ4n) is 4.94. The molecule has 0 radical (unpaired) electrons. The van der Waals surface area contributed by atoms with Crippen LogP contribution in [0, 0.1) is 0 Å². The monoisotopic (exact) mass is 402 g/mol. The van der Waals surface area contributed by atoms with Crippen molar-refractivity contribution in [2.24, 2.45) is 0 Å². The number of benzene rings is 2. The lowest BCUT2D eigenvalue weighted by Crippen LogP contribution is -2.36. The number of hydrogen-bond donors (Lipinski definition) is 0. The van der Waals surface area contributed by atoms with Crippen LogP contribution in [0.3, 0.4) is 0 Å². The molecular weight excluding hydrogens is 364 g/mol. The molecule has 30 heavy (non-hydrogen) atoms. The summed E-state index contributed by atoms with van der Waals surface area (Å²) in [5.74, 6) is 0.445. The molecule has 0 aliphatic rings. The van der Waals surface area contributed by atoms with E-state index in [1.165, 1.54) is 47.9 Å². The van der Waals surface area contributed by atoms with Crippen molar-refractivity contribution in [2.75, 3.05) is 0 Å². The zero-order valence-corrected chi connectivity index (χ0v) is 19.3. The average molecular weight is 403 g/mol. The Kier molecular flexibility index (Phi) is 7.90. The molecule has 2 aromatic carbocycles. The molecule has 2 nitrogen and oxygen atoms in total. The molecule has 2 atom stereocenters. The minimum absolute atomic E-state index is 0.0159. The van der Waals surface area contributed by atoms with Gasteiger partial charge in [0, 0.05) is 23.9 Å². The highest BCUT2D eigenvalue weighted by Gasteiger charge is 2.35. The van der Waals surface area contributed by atoms with Crippen molar-refractivity contribution in [2.45, 2.75) is 84.1 Å². The van der Waals surface area contributed by atoms with Crippen LogP contribution in [0.2, 0.25) is 0 Å². The highest BCUT2D eigenvalue weighted by molar-refractivity contribution is 5.39. The average Bonchev–Trinajstić information content (AvgIpc) is 3.32. The van der Waals surface area contributed by atoms with Gasteiger partial charge in [-0.2, -0.15) is 0 Å². The van der Waals surface area contributed by atoms with E-state index in [0.29, 0.717) is 5.92 Å². The van der Waals surface area contributed by atoms with Gasteiger partial charge in [0.25, 0.3) is 0 Å². The number of hydrogen-bond acceptors (Lipinski definition) is 1. The first-order valence-electron chi connectivity index (χ1n) is 11.8. The Hall–Kier alpha value is -2.35. The van der Waals surface area contributed by atoms with Crippen molar-refractivity contribution in [1.82, 2.24) is 9.55 Å². The lowest BCUT2D eigenvalue weighted by molar-refractivity contribution is 0.235. The molecule has 2 heteroatoms. The molecule has 3 aromatic rings. The smallest absolute Gasteiger partial charge is 0.0951 e. The van der Waals surface area contributed by atoms with Crippen LogP contribution in [-0.4, -0.2) is 9.55 Å². The third-order valence-corrected chi connectivity index (χ3v) is 6.95. The van der Waals surface area contributed by atoms with E-state index in [0.717, 1.165) is 19.3 Å². The first kappa shape index (κ1) is 22.3. The topological polar surface area (TPSA) is 17.8 Å². The predicted octanol–water partition coefficient (Wildman–Crippen LogP) is 7.53. The van der Waals surface area contributed by atoms with Crippen LogP contribution in [0.15, 0.2) is 67.3 Å². The Balaban J connectivity index is 1.95. The van der Waals surface area contributed by atoms with Gasteiger partial charge in [-0.1, -0.05) is 82.1 Å². The summed E-state index contributed by atoms with van der Waals surface area (Å²) in [6, 6.07) is 18.1. The number of imidazole rings is 1. The third kappa shape index (κ3) is 4.86. The van der Waals surface area contributed by atoms with E-state index in [1.54, 1.807) is 0 Å². The fourth-order valence-corrected chi connectivity index (χ4v) is 4.94. The number of aryl methyl sites for hydroxylation is 1. The molecule has 2 unspecified atom stereocenters. The summed E-state index contributed by atoms with van der Waals surface area (Å²) in [5.41, 5.74) is 5.97. The van der Waals surface area contributed by atoms with Crippen LogP contribution in [0.1, 0.15) is 88.0 Å². The molecule has 3 rings (SSSR count). The zero-order chi connectivity index (χ0) is 21.4. The van der Waals surface area contributed by atoms with E-state index in [2.05, 4.69) is 92.0 Å². The molecule has 0 N–H and O–H groups in total. The maximum Gasteiger partial charge on any atom is 0.0951 e. The highest BCUT2D eigenvalue weighted by Crippen LogP contribution is 2.41. The third-order valence-electron chi connectivity index (χ3n) is 6.95. The van der Waals surface area contributed by atoms with Crippen LogP contribution < -0.4 is 0 Å². The van der Waals surface area contributed by atoms with Gasteiger partial charge in [-0.15, -0.1) is 0 Å². The summed E-state index contributed by atoms with van der Waals surface area (Å²) in [7, 11) is 0. The quantitative estimate of drug-likeness (QED) is 0.303. The molecule has 0 spiro atoms. The minimum atomic E-state index is 0.0159. The van der Waals surface area contributed by atoms with Crippen molar-refractivity contribution in [3.05, 3.63) is 89.5 Å². The molecule has 0 fully saturated rings. The van der Waals surface area contributed by atoms with E-state index in [4.69, 9.17) is 0 Å². The molecule has 0 amide bonds. The number of unbranched alkanes of at least 4 members (excludes halogenated alkanes) is 2. The van der Waals surface area contributed by atoms with E-state index in [1.807, 2.05) is 12.5 Å². The standard InChI is InChI=1S/C28H38N2/c1-5-8-9-14-23-15-10-11-16-24(23)21-25-17-12-13-18-26(25)27(6-2)28(4,7-3)30-20-19-29-22-30/h10-13,15-20,22,27H,5-9,14,21H2,1-4H3. The molecule has 0 aliphatic heterocycles. The second-order valence-corrected chi connectivity index (χ2v) is 8.74. The van der Waals surface area contributed by atoms with Gasteiger partial charge in [-0.05, 0) is 61.3 Å². The minimum Gasteiger partial charge on any atom is -0.331 e. The fraction of sp³-hybridized carbons (Fsp3) is 0.464. The number of aromatic nitrogens is 2.